The second kappa shape index (κ2) is 10.1. The summed E-state index contributed by atoms with van der Waals surface area (Å²) in [5.74, 6) is -0.267. The van der Waals surface area contributed by atoms with Crippen molar-refractivity contribution in [1.29, 1.82) is 0 Å². The van der Waals surface area contributed by atoms with Crippen molar-refractivity contribution in [2.75, 3.05) is 17.2 Å². The van der Waals surface area contributed by atoms with Gasteiger partial charge in [0, 0.05) is 18.2 Å². The van der Waals surface area contributed by atoms with Gasteiger partial charge in [0.15, 0.2) is 12.4 Å². The molecule has 0 saturated heterocycles. The number of carbonyl (C=O) groups is 4. The summed E-state index contributed by atoms with van der Waals surface area (Å²) >= 11 is 0. The third kappa shape index (κ3) is 5.85. The second-order valence-corrected chi connectivity index (χ2v) is 8.07. The molecule has 0 saturated carbocycles. The zero-order valence-corrected chi connectivity index (χ0v) is 19.2. The minimum absolute atomic E-state index is 0.0263. The highest BCUT2D eigenvalue weighted by Crippen LogP contribution is 2.28. The van der Waals surface area contributed by atoms with E-state index in [-0.39, 0.29) is 48.7 Å². The first kappa shape index (κ1) is 23.6. The number of ether oxygens (including phenoxy) is 1. The highest BCUT2D eigenvalue weighted by molar-refractivity contribution is 5.97. The molecule has 0 aliphatic carbocycles. The Morgan fingerprint density at radius 2 is 1.86 bits per heavy atom. The summed E-state index contributed by atoms with van der Waals surface area (Å²) in [6.07, 6.45) is 1.28. The van der Waals surface area contributed by atoms with Crippen LogP contribution < -0.4 is 20.7 Å². The number of aryl methyl sites for hydroxylation is 1. The number of anilines is 2. The summed E-state index contributed by atoms with van der Waals surface area (Å²) in [5.41, 5.74) is 3.57. The van der Waals surface area contributed by atoms with E-state index in [1.54, 1.807) is 36.4 Å². The number of amides is 3. The van der Waals surface area contributed by atoms with Gasteiger partial charge in [-0.2, -0.15) is 0 Å². The Balaban J connectivity index is 1.35. The molecule has 178 valence electrons. The minimum atomic E-state index is -0.448. The van der Waals surface area contributed by atoms with Gasteiger partial charge in [-0.3, -0.25) is 19.2 Å². The molecular weight excluding hydrogens is 450 g/mol. The molecule has 3 amide bonds. The molecule has 1 aliphatic heterocycles. The van der Waals surface area contributed by atoms with E-state index in [9.17, 15) is 19.2 Å². The summed E-state index contributed by atoms with van der Waals surface area (Å²) in [7, 11) is 0. The molecular formula is C25H23N5O5. The quantitative estimate of drug-likeness (QED) is 0.448. The Morgan fingerprint density at radius 3 is 2.63 bits per heavy atom. The van der Waals surface area contributed by atoms with Crippen LogP contribution in [0.2, 0.25) is 0 Å². The van der Waals surface area contributed by atoms with Crippen LogP contribution in [0.5, 0.6) is 5.75 Å². The molecule has 0 unspecified atom stereocenters. The predicted molar refractivity (Wildman–Crippen MR) is 127 cm³/mol. The van der Waals surface area contributed by atoms with Crippen molar-refractivity contribution in [3.05, 3.63) is 76.7 Å². The van der Waals surface area contributed by atoms with Crippen LogP contribution in [-0.4, -0.2) is 40.1 Å². The zero-order chi connectivity index (χ0) is 24.9. The Labute approximate surface area is 201 Å². The summed E-state index contributed by atoms with van der Waals surface area (Å²) in [4.78, 5) is 56.1. The summed E-state index contributed by atoms with van der Waals surface area (Å²) in [5, 5.41) is 8.14. The number of hydrogen-bond donors (Lipinski definition) is 3. The number of Topliss-reactive ketones (excluding diaryl/α,β-unsaturated/α-hetero) is 1. The average Bonchev–Trinajstić information content (AvgIpc) is 2.82. The Morgan fingerprint density at radius 1 is 1.06 bits per heavy atom. The SMILES string of the molecule is CC(=O)c1ccc(CC(=O)Nc2cc(C(=O)NCc3ccc4c(c3)NC(=O)CO4)ncn2)cc1C. The van der Waals surface area contributed by atoms with Gasteiger partial charge in [-0.1, -0.05) is 24.3 Å². The lowest BCUT2D eigenvalue weighted by molar-refractivity contribution is -0.118. The number of nitrogens with zero attached hydrogens (tertiary/aromatic N) is 2. The van der Waals surface area contributed by atoms with E-state index < -0.39 is 5.91 Å². The number of rotatable bonds is 7. The van der Waals surface area contributed by atoms with Crippen molar-refractivity contribution in [2.45, 2.75) is 26.8 Å². The van der Waals surface area contributed by atoms with E-state index in [1.807, 2.05) is 6.92 Å². The van der Waals surface area contributed by atoms with Gasteiger partial charge in [-0.15, -0.1) is 0 Å². The molecule has 0 bridgehead atoms. The van der Waals surface area contributed by atoms with Gasteiger partial charge in [0.2, 0.25) is 5.91 Å². The van der Waals surface area contributed by atoms with Gasteiger partial charge in [-0.05, 0) is 42.7 Å². The fraction of sp³-hybridized carbons (Fsp3) is 0.200. The van der Waals surface area contributed by atoms with Crippen molar-refractivity contribution < 1.29 is 23.9 Å². The fourth-order valence-corrected chi connectivity index (χ4v) is 3.67. The fourth-order valence-electron chi connectivity index (χ4n) is 3.67. The van der Waals surface area contributed by atoms with Crippen LogP contribution in [0, 0.1) is 6.92 Å². The van der Waals surface area contributed by atoms with Gasteiger partial charge in [0.1, 0.15) is 23.6 Å². The van der Waals surface area contributed by atoms with Gasteiger partial charge in [0.25, 0.3) is 11.8 Å². The maximum absolute atomic E-state index is 12.6. The lowest BCUT2D eigenvalue weighted by Gasteiger charge is -2.18. The lowest BCUT2D eigenvalue weighted by Crippen LogP contribution is -2.26. The first-order valence-corrected chi connectivity index (χ1v) is 10.8. The van der Waals surface area contributed by atoms with Crippen molar-refractivity contribution in [3.8, 4) is 5.75 Å². The van der Waals surface area contributed by atoms with Crippen LogP contribution in [-0.2, 0) is 22.6 Å². The highest BCUT2D eigenvalue weighted by Gasteiger charge is 2.17. The van der Waals surface area contributed by atoms with Gasteiger partial charge < -0.3 is 20.7 Å². The molecule has 3 N–H and O–H groups in total. The smallest absolute Gasteiger partial charge is 0.270 e. The summed E-state index contributed by atoms with van der Waals surface area (Å²) < 4.78 is 5.32. The van der Waals surface area contributed by atoms with Gasteiger partial charge in [0.05, 0.1) is 12.1 Å². The van der Waals surface area contributed by atoms with E-state index in [4.69, 9.17) is 4.74 Å². The number of nitrogens with one attached hydrogen (secondary N) is 3. The monoisotopic (exact) mass is 473 g/mol. The number of fused-ring (bicyclic) bond motifs is 1. The van der Waals surface area contributed by atoms with E-state index in [2.05, 4.69) is 25.9 Å². The van der Waals surface area contributed by atoms with E-state index >= 15 is 0 Å². The van der Waals surface area contributed by atoms with Crippen LogP contribution in [0.15, 0.2) is 48.8 Å². The zero-order valence-electron chi connectivity index (χ0n) is 19.2. The third-order valence-electron chi connectivity index (χ3n) is 5.33. The van der Waals surface area contributed by atoms with E-state index in [1.165, 1.54) is 19.3 Å². The first-order chi connectivity index (χ1) is 16.8. The highest BCUT2D eigenvalue weighted by atomic mass is 16.5. The number of aromatic nitrogens is 2. The molecule has 0 radical (unpaired) electrons. The van der Waals surface area contributed by atoms with Crippen LogP contribution in [0.25, 0.3) is 0 Å². The molecule has 0 spiro atoms. The Bertz CT molecular complexity index is 1340. The van der Waals surface area contributed by atoms with Gasteiger partial charge in [-0.25, -0.2) is 9.97 Å². The molecule has 2 heterocycles. The predicted octanol–water partition coefficient (Wildman–Crippen LogP) is 2.43. The lowest BCUT2D eigenvalue weighted by atomic mass is 10.0. The number of carbonyl (C=O) groups excluding carboxylic acids is 4. The second-order valence-electron chi connectivity index (χ2n) is 8.07. The minimum Gasteiger partial charge on any atom is -0.482 e. The van der Waals surface area contributed by atoms with Crippen molar-refractivity contribution in [2.24, 2.45) is 0 Å². The van der Waals surface area contributed by atoms with E-state index in [0.29, 0.717) is 17.0 Å². The van der Waals surface area contributed by atoms with E-state index in [0.717, 1.165) is 16.7 Å². The standard InChI is InChI=1S/C25H23N5O5/c1-14-7-16(3-5-18(14)15(2)31)9-23(32)30-22-10-20(27-13-28-22)25(34)26-11-17-4-6-21-19(8-17)29-24(33)12-35-21/h3-8,10,13H,9,11-12H2,1-2H3,(H,26,34)(H,29,33)(H,27,28,30,32). The molecule has 1 aromatic heterocycles. The number of hydrogen-bond acceptors (Lipinski definition) is 7. The third-order valence-corrected chi connectivity index (χ3v) is 5.33. The first-order valence-electron chi connectivity index (χ1n) is 10.8. The maximum Gasteiger partial charge on any atom is 0.270 e. The van der Waals surface area contributed by atoms with Crippen molar-refractivity contribution in [1.82, 2.24) is 15.3 Å². The van der Waals surface area contributed by atoms with Crippen molar-refractivity contribution >= 4 is 35.0 Å². The van der Waals surface area contributed by atoms with Crippen LogP contribution in [0.4, 0.5) is 11.5 Å². The largest absolute Gasteiger partial charge is 0.482 e. The average molecular weight is 473 g/mol. The summed E-state index contributed by atoms with van der Waals surface area (Å²) in [6.45, 7) is 3.49. The molecule has 1 aliphatic rings. The van der Waals surface area contributed by atoms with Crippen LogP contribution >= 0.6 is 0 Å². The maximum atomic E-state index is 12.6. The Kier molecular flexibility index (Phi) is 6.81. The molecule has 4 rings (SSSR count). The number of benzene rings is 2. The van der Waals surface area contributed by atoms with Crippen LogP contribution in [0.1, 0.15) is 44.5 Å². The number of ketones is 1. The summed E-state index contributed by atoms with van der Waals surface area (Å²) in [6, 6.07) is 11.9. The molecule has 10 nitrogen and oxygen atoms in total. The molecule has 0 atom stereocenters. The van der Waals surface area contributed by atoms with Gasteiger partial charge >= 0.3 is 0 Å². The molecule has 10 heteroatoms. The Hall–Kier alpha value is -4.60. The molecule has 2 aromatic carbocycles. The molecule has 35 heavy (non-hydrogen) atoms. The molecule has 3 aromatic rings. The normalized spacial score (nSPS) is 12.1. The van der Waals surface area contributed by atoms with Crippen molar-refractivity contribution in [3.63, 3.8) is 0 Å². The molecule has 0 fully saturated rings. The topological polar surface area (TPSA) is 139 Å². The van der Waals surface area contributed by atoms with Crippen LogP contribution in [0.3, 0.4) is 0 Å².